The molecule has 1 N–H and O–H groups in total. The van der Waals surface area contributed by atoms with Crippen molar-refractivity contribution in [2.45, 2.75) is 6.92 Å². The van der Waals surface area contributed by atoms with E-state index < -0.39 is 17.6 Å². The smallest absolute Gasteiger partial charge is 0.214 e. The van der Waals surface area contributed by atoms with E-state index in [4.69, 9.17) is 0 Å². The fourth-order valence-electron chi connectivity index (χ4n) is 1.38. The lowest BCUT2D eigenvalue weighted by Gasteiger charge is -2.08. The molecule has 2 aromatic rings. The van der Waals surface area contributed by atoms with Crippen molar-refractivity contribution in [2.75, 3.05) is 5.32 Å². The van der Waals surface area contributed by atoms with E-state index in [1.165, 1.54) is 19.2 Å². The highest BCUT2D eigenvalue weighted by atomic mass is 19.1. The Morgan fingerprint density at radius 2 is 1.82 bits per heavy atom. The molecule has 5 heteroatoms. The predicted octanol–water partition coefficient (Wildman–Crippen LogP) is 3.55. The number of nitrogens with zero attached hydrogens (tertiary/aromatic N) is 1. The molecule has 1 heterocycles. The van der Waals surface area contributed by atoms with Gasteiger partial charge in [-0.15, -0.1) is 0 Å². The molecular formula is C12H9F3N2. The summed E-state index contributed by atoms with van der Waals surface area (Å²) < 4.78 is 39.5. The van der Waals surface area contributed by atoms with E-state index >= 15 is 0 Å². The SMILES string of the molecule is Cc1cc(F)c(Nc2ccnc(F)c2)cc1F. The maximum absolute atomic E-state index is 13.5. The number of hydrogen-bond acceptors (Lipinski definition) is 2. The monoisotopic (exact) mass is 238 g/mol. The van der Waals surface area contributed by atoms with Crippen molar-refractivity contribution >= 4 is 11.4 Å². The fraction of sp³-hybridized carbons (Fsp3) is 0.0833. The van der Waals surface area contributed by atoms with Crippen LogP contribution in [0.5, 0.6) is 0 Å². The zero-order chi connectivity index (χ0) is 12.4. The Hall–Kier alpha value is -2.04. The Bertz CT molecular complexity index is 555. The van der Waals surface area contributed by atoms with Crippen LogP contribution in [-0.4, -0.2) is 4.98 Å². The van der Waals surface area contributed by atoms with Crippen molar-refractivity contribution in [3.63, 3.8) is 0 Å². The summed E-state index contributed by atoms with van der Waals surface area (Å²) in [7, 11) is 0. The van der Waals surface area contributed by atoms with Gasteiger partial charge in [0.2, 0.25) is 5.95 Å². The van der Waals surface area contributed by atoms with Gasteiger partial charge >= 0.3 is 0 Å². The maximum atomic E-state index is 13.5. The molecule has 0 aliphatic heterocycles. The number of pyridine rings is 1. The van der Waals surface area contributed by atoms with Gasteiger partial charge in [0.25, 0.3) is 0 Å². The molecule has 2 nitrogen and oxygen atoms in total. The minimum absolute atomic E-state index is 0.0429. The molecule has 0 amide bonds. The molecule has 2 rings (SSSR count). The van der Waals surface area contributed by atoms with E-state index in [9.17, 15) is 13.2 Å². The molecule has 0 saturated heterocycles. The Labute approximate surface area is 96.1 Å². The maximum Gasteiger partial charge on any atom is 0.214 e. The lowest BCUT2D eigenvalue weighted by molar-refractivity contribution is 0.584. The number of nitrogens with one attached hydrogen (secondary N) is 1. The highest BCUT2D eigenvalue weighted by molar-refractivity contribution is 5.60. The first-order valence-corrected chi connectivity index (χ1v) is 4.90. The summed E-state index contributed by atoms with van der Waals surface area (Å²) in [6, 6.07) is 4.66. The molecule has 1 aromatic heterocycles. The van der Waals surface area contributed by atoms with E-state index in [0.717, 1.165) is 18.2 Å². The van der Waals surface area contributed by atoms with Gasteiger partial charge in [0.15, 0.2) is 0 Å². The number of anilines is 2. The van der Waals surface area contributed by atoms with Gasteiger partial charge in [0.05, 0.1) is 5.69 Å². The van der Waals surface area contributed by atoms with Crippen molar-refractivity contribution in [3.8, 4) is 0 Å². The van der Waals surface area contributed by atoms with Gasteiger partial charge in [-0.1, -0.05) is 0 Å². The molecule has 0 unspecified atom stereocenters. The zero-order valence-corrected chi connectivity index (χ0v) is 8.97. The van der Waals surface area contributed by atoms with Gasteiger partial charge < -0.3 is 5.32 Å². The van der Waals surface area contributed by atoms with Crippen LogP contribution < -0.4 is 5.32 Å². The summed E-state index contributed by atoms with van der Waals surface area (Å²) in [6.45, 7) is 1.47. The Morgan fingerprint density at radius 3 is 2.53 bits per heavy atom. The number of aromatic nitrogens is 1. The third kappa shape index (κ3) is 2.55. The van der Waals surface area contributed by atoms with Gasteiger partial charge in [-0.25, -0.2) is 13.8 Å². The fourth-order valence-corrected chi connectivity index (χ4v) is 1.38. The van der Waals surface area contributed by atoms with E-state index in [-0.39, 0.29) is 11.3 Å². The quantitative estimate of drug-likeness (QED) is 0.809. The van der Waals surface area contributed by atoms with Crippen LogP contribution in [0.25, 0.3) is 0 Å². The van der Waals surface area contributed by atoms with Crippen molar-refractivity contribution in [3.05, 3.63) is 53.6 Å². The summed E-state index contributed by atoms with van der Waals surface area (Å²) in [6.07, 6.45) is 1.24. The van der Waals surface area contributed by atoms with Gasteiger partial charge in [-0.3, -0.25) is 0 Å². The van der Waals surface area contributed by atoms with Crippen LogP contribution >= 0.6 is 0 Å². The van der Waals surface area contributed by atoms with Crippen LogP contribution in [0.15, 0.2) is 30.5 Å². The van der Waals surface area contributed by atoms with Crippen molar-refractivity contribution in [1.82, 2.24) is 4.98 Å². The summed E-state index contributed by atoms with van der Waals surface area (Å²) in [4.78, 5) is 3.36. The largest absolute Gasteiger partial charge is 0.353 e. The molecule has 0 bridgehead atoms. The normalized spacial score (nSPS) is 10.4. The molecule has 0 atom stereocenters. The topological polar surface area (TPSA) is 24.9 Å². The zero-order valence-electron chi connectivity index (χ0n) is 8.97. The summed E-state index contributed by atoms with van der Waals surface area (Å²) >= 11 is 0. The summed E-state index contributed by atoms with van der Waals surface area (Å²) in [5.41, 5.74) is 0.479. The minimum Gasteiger partial charge on any atom is -0.353 e. The second kappa shape index (κ2) is 4.45. The second-order valence-corrected chi connectivity index (χ2v) is 3.57. The van der Waals surface area contributed by atoms with Gasteiger partial charge in [0.1, 0.15) is 11.6 Å². The van der Waals surface area contributed by atoms with Crippen molar-refractivity contribution in [2.24, 2.45) is 0 Å². The van der Waals surface area contributed by atoms with E-state index in [1.807, 2.05) is 0 Å². The Balaban J connectivity index is 2.33. The third-order valence-electron chi connectivity index (χ3n) is 2.25. The van der Waals surface area contributed by atoms with Crippen LogP contribution in [0.1, 0.15) is 5.56 Å². The van der Waals surface area contributed by atoms with Crippen molar-refractivity contribution < 1.29 is 13.2 Å². The molecule has 88 valence electrons. The molecule has 0 spiro atoms. The van der Waals surface area contributed by atoms with Crippen LogP contribution in [0.2, 0.25) is 0 Å². The number of aryl methyl sites for hydroxylation is 1. The molecule has 0 aliphatic carbocycles. The van der Waals surface area contributed by atoms with E-state index in [2.05, 4.69) is 10.3 Å². The first-order valence-electron chi connectivity index (χ1n) is 4.90. The first-order chi connectivity index (χ1) is 8.06. The molecule has 0 saturated carbocycles. The molecule has 1 aromatic carbocycles. The molecular weight excluding hydrogens is 229 g/mol. The van der Waals surface area contributed by atoms with Crippen LogP contribution in [-0.2, 0) is 0 Å². The van der Waals surface area contributed by atoms with Gasteiger partial charge in [-0.2, -0.15) is 4.39 Å². The highest BCUT2D eigenvalue weighted by Crippen LogP contribution is 2.22. The van der Waals surface area contributed by atoms with Gasteiger partial charge in [0, 0.05) is 24.0 Å². The average Bonchev–Trinajstić information content (AvgIpc) is 2.26. The molecule has 0 fully saturated rings. The van der Waals surface area contributed by atoms with Crippen LogP contribution in [0, 0.1) is 24.5 Å². The number of hydrogen-bond donors (Lipinski definition) is 1. The first kappa shape index (κ1) is 11.4. The number of rotatable bonds is 2. The molecule has 0 aliphatic rings. The summed E-state index contributed by atoms with van der Waals surface area (Å²) in [5.74, 6) is -1.81. The standard InChI is InChI=1S/C12H9F3N2/c1-7-4-10(14)11(6-9(7)13)17-8-2-3-16-12(15)5-8/h2-6H,1H3,(H,16,17). The third-order valence-corrected chi connectivity index (χ3v) is 2.25. The Kier molecular flexibility index (Phi) is 2.99. The number of benzene rings is 1. The second-order valence-electron chi connectivity index (χ2n) is 3.57. The summed E-state index contributed by atoms with van der Waals surface area (Å²) in [5, 5.41) is 2.59. The highest BCUT2D eigenvalue weighted by Gasteiger charge is 2.07. The van der Waals surface area contributed by atoms with Crippen LogP contribution in [0.3, 0.4) is 0 Å². The lowest BCUT2D eigenvalue weighted by atomic mass is 10.2. The molecule has 17 heavy (non-hydrogen) atoms. The van der Waals surface area contributed by atoms with E-state index in [1.54, 1.807) is 0 Å². The lowest BCUT2D eigenvalue weighted by Crippen LogP contribution is -1.97. The Morgan fingerprint density at radius 1 is 1.06 bits per heavy atom. The minimum atomic E-state index is -0.692. The van der Waals surface area contributed by atoms with Crippen LogP contribution in [0.4, 0.5) is 24.5 Å². The van der Waals surface area contributed by atoms with Crippen molar-refractivity contribution in [1.29, 1.82) is 0 Å². The predicted molar refractivity (Wildman–Crippen MR) is 58.6 cm³/mol. The number of halogens is 3. The van der Waals surface area contributed by atoms with E-state index in [0.29, 0.717) is 5.69 Å². The average molecular weight is 238 g/mol. The molecule has 0 radical (unpaired) electrons. The van der Waals surface area contributed by atoms with Gasteiger partial charge in [-0.05, 0) is 24.6 Å².